The predicted octanol–water partition coefficient (Wildman–Crippen LogP) is 4.26. The van der Waals surface area contributed by atoms with E-state index in [9.17, 15) is 5.11 Å². The summed E-state index contributed by atoms with van der Waals surface area (Å²) in [6, 6.07) is 9.85. The predicted molar refractivity (Wildman–Crippen MR) is 82.5 cm³/mol. The van der Waals surface area contributed by atoms with E-state index in [1.807, 2.05) is 30.3 Å². The minimum atomic E-state index is 0.316. The average molecular weight is 272 g/mol. The van der Waals surface area contributed by atoms with Gasteiger partial charge in [0.15, 0.2) is 0 Å². The molecule has 0 saturated carbocycles. The number of aromatic nitrogens is 2. The molecule has 0 unspecified atom stereocenters. The third-order valence-corrected chi connectivity index (χ3v) is 3.59. The summed E-state index contributed by atoms with van der Waals surface area (Å²) in [4.78, 5) is 0. The summed E-state index contributed by atoms with van der Waals surface area (Å²) in [5, 5.41) is 15.1. The number of aromatic hydroxyl groups is 1. The number of hydrogen-bond acceptors (Lipinski definition) is 2. The van der Waals surface area contributed by atoms with Crippen LogP contribution in [0.1, 0.15) is 50.8 Å². The van der Waals surface area contributed by atoms with Gasteiger partial charge in [0.1, 0.15) is 0 Å². The highest BCUT2D eigenvalue weighted by Crippen LogP contribution is 2.27. The zero-order valence-corrected chi connectivity index (χ0v) is 12.5. The Hall–Kier alpha value is -1.77. The van der Waals surface area contributed by atoms with Crippen molar-refractivity contribution >= 4 is 0 Å². The standard InChI is InChI=1S/C17H24N2O/c1-3-5-12-15-16(13-6-4-2)18-19(17(15)20)14-10-8-7-9-11-14/h7-11,20H,3-6,12-13H2,1-2H3. The number of benzene rings is 1. The molecule has 3 heteroatoms. The van der Waals surface area contributed by atoms with Gasteiger partial charge in [-0.3, -0.25) is 0 Å². The molecule has 0 bridgehead atoms. The normalized spacial score (nSPS) is 10.9. The first-order valence-corrected chi connectivity index (χ1v) is 7.63. The fourth-order valence-electron chi connectivity index (χ4n) is 2.39. The van der Waals surface area contributed by atoms with Crippen molar-refractivity contribution in [1.82, 2.24) is 9.78 Å². The first kappa shape index (κ1) is 14.6. The second-order valence-corrected chi connectivity index (χ2v) is 5.20. The van der Waals surface area contributed by atoms with Crippen molar-refractivity contribution < 1.29 is 5.11 Å². The molecule has 0 aliphatic carbocycles. The van der Waals surface area contributed by atoms with Gasteiger partial charge in [-0.15, -0.1) is 0 Å². The van der Waals surface area contributed by atoms with Gasteiger partial charge in [0, 0.05) is 5.56 Å². The van der Waals surface area contributed by atoms with E-state index in [0.29, 0.717) is 5.88 Å². The Kier molecular flexibility index (Phi) is 5.22. The van der Waals surface area contributed by atoms with E-state index < -0.39 is 0 Å². The number of rotatable bonds is 7. The minimum absolute atomic E-state index is 0.316. The fraction of sp³-hybridized carbons (Fsp3) is 0.471. The molecular formula is C17H24N2O. The summed E-state index contributed by atoms with van der Waals surface area (Å²) in [5.41, 5.74) is 3.01. The van der Waals surface area contributed by atoms with Crippen molar-refractivity contribution in [1.29, 1.82) is 0 Å². The number of hydrogen-bond donors (Lipinski definition) is 1. The Morgan fingerprint density at radius 1 is 1.00 bits per heavy atom. The molecule has 108 valence electrons. The first-order chi connectivity index (χ1) is 9.77. The number of nitrogens with zero attached hydrogens (tertiary/aromatic N) is 2. The summed E-state index contributed by atoms with van der Waals surface area (Å²) in [7, 11) is 0. The molecule has 20 heavy (non-hydrogen) atoms. The monoisotopic (exact) mass is 272 g/mol. The molecule has 0 aliphatic heterocycles. The Labute approximate surface area is 121 Å². The molecular weight excluding hydrogens is 248 g/mol. The number of aryl methyl sites for hydroxylation is 1. The van der Waals surface area contributed by atoms with Crippen molar-refractivity contribution in [2.24, 2.45) is 0 Å². The second-order valence-electron chi connectivity index (χ2n) is 5.20. The SMILES string of the molecule is CCCCc1nn(-c2ccccc2)c(O)c1CCCC. The van der Waals surface area contributed by atoms with Gasteiger partial charge in [0.25, 0.3) is 0 Å². The van der Waals surface area contributed by atoms with Gasteiger partial charge in [-0.2, -0.15) is 5.10 Å². The van der Waals surface area contributed by atoms with Crippen LogP contribution in [-0.4, -0.2) is 14.9 Å². The smallest absolute Gasteiger partial charge is 0.217 e. The van der Waals surface area contributed by atoms with Gasteiger partial charge in [0.2, 0.25) is 5.88 Å². The Morgan fingerprint density at radius 3 is 2.30 bits per heavy atom. The van der Waals surface area contributed by atoms with Crippen molar-refractivity contribution in [2.45, 2.75) is 52.4 Å². The topological polar surface area (TPSA) is 38.0 Å². The number of para-hydroxylation sites is 1. The summed E-state index contributed by atoms with van der Waals surface area (Å²) in [6.45, 7) is 4.35. The van der Waals surface area contributed by atoms with Crippen LogP contribution < -0.4 is 0 Å². The molecule has 1 heterocycles. The first-order valence-electron chi connectivity index (χ1n) is 7.63. The molecule has 0 amide bonds. The lowest BCUT2D eigenvalue weighted by molar-refractivity contribution is 0.427. The van der Waals surface area contributed by atoms with Crippen LogP contribution in [0.3, 0.4) is 0 Å². The summed E-state index contributed by atoms with van der Waals surface area (Å²) in [6.07, 6.45) is 6.34. The lowest BCUT2D eigenvalue weighted by Gasteiger charge is -2.03. The highest BCUT2D eigenvalue weighted by Gasteiger charge is 2.17. The fourth-order valence-corrected chi connectivity index (χ4v) is 2.39. The zero-order chi connectivity index (χ0) is 14.4. The van der Waals surface area contributed by atoms with Crippen molar-refractivity contribution in [2.75, 3.05) is 0 Å². The van der Waals surface area contributed by atoms with Crippen LogP contribution in [0.4, 0.5) is 0 Å². The molecule has 0 radical (unpaired) electrons. The van der Waals surface area contributed by atoms with Gasteiger partial charge in [-0.05, 0) is 37.8 Å². The zero-order valence-electron chi connectivity index (χ0n) is 12.5. The average Bonchev–Trinajstić information content (AvgIpc) is 2.80. The molecule has 2 rings (SSSR count). The third-order valence-electron chi connectivity index (χ3n) is 3.59. The highest BCUT2D eigenvalue weighted by atomic mass is 16.3. The van der Waals surface area contributed by atoms with E-state index in [0.717, 1.165) is 55.5 Å². The van der Waals surface area contributed by atoms with Crippen molar-refractivity contribution in [3.8, 4) is 11.6 Å². The molecule has 0 saturated heterocycles. The quantitative estimate of drug-likeness (QED) is 0.817. The van der Waals surface area contributed by atoms with Crippen LogP contribution in [0.5, 0.6) is 5.88 Å². The molecule has 2 aromatic rings. The molecule has 3 nitrogen and oxygen atoms in total. The Bertz CT molecular complexity index is 531. The van der Waals surface area contributed by atoms with Crippen LogP contribution in [-0.2, 0) is 12.8 Å². The minimum Gasteiger partial charge on any atom is -0.493 e. The van der Waals surface area contributed by atoms with E-state index in [1.54, 1.807) is 4.68 Å². The third kappa shape index (κ3) is 3.21. The van der Waals surface area contributed by atoms with E-state index in [4.69, 9.17) is 0 Å². The highest BCUT2D eigenvalue weighted by molar-refractivity contribution is 5.40. The molecule has 0 fully saturated rings. The largest absolute Gasteiger partial charge is 0.493 e. The van der Waals surface area contributed by atoms with E-state index in [1.165, 1.54) is 0 Å². The Morgan fingerprint density at radius 2 is 1.65 bits per heavy atom. The lowest BCUT2D eigenvalue weighted by atomic mass is 10.1. The van der Waals surface area contributed by atoms with Gasteiger partial charge in [-0.25, -0.2) is 4.68 Å². The van der Waals surface area contributed by atoms with E-state index >= 15 is 0 Å². The lowest BCUT2D eigenvalue weighted by Crippen LogP contribution is -1.96. The maximum absolute atomic E-state index is 10.5. The van der Waals surface area contributed by atoms with Gasteiger partial charge >= 0.3 is 0 Å². The molecule has 0 atom stereocenters. The maximum Gasteiger partial charge on any atom is 0.217 e. The number of unbranched alkanes of at least 4 members (excludes halogenated alkanes) is 2. The second kappa shape index (κ2) is 7.13. The molecule has 0 aliphatic rings. The van der Waals surface area contributed by atoms with Crippen LogP contribution in [0.25, 0.3) is 5.69 Å². The Balaban J connectivity index is 2.35. The molecule has 0 spiro atoms. The van der Waals surface area contributed by atoms with Crippen LogP contribution >= 0.6 is 0 Å². The van der Waals surface area contributed by atoms with Gasteiger partial charge in [0.05, 0.1) is 11.4 Å². The molecule has 1 aromatic heterocycles. The van der Waals surface area contributed by atoms with E-state index in [2.05, 4.69) is 18.9 Å². The summed E-state index contributed by atoms with van der Waals surface area (Å²) < 4.78 is 1.68. The van der Waals surface area contributed by atoms with Crippen LogP contribution in [0.2, 0.25) is 0 Å². The van der Waals surface area contributed by atoms with Gasteiger partial charge in [-0.1, -0.05) is 44.9 Å². The van der Waals surface area contributed by atoms with Gasteiger partial charge < -0.3 is 5.11 Å². The molecule has 1 aromatic carbocycles. The summed E-state index contributed by atoms with van der Waals surface area (Å²) >= 11 is 0. The van der Waals surface area contributed by atoms with Crippen molar-refractivity contribution in [3.63, 3.8) is 0 Å². The summed E-state index contributed by atoms with van der Waals surface area (Å²) in [5.74, 6) is 0.316. The molecule has 1 N–H and O–H groups in total. The van der Waals surface area contributed by atoms with Crippen LogP contribution in [0, 0.1) is 0 Å². The van der Waals surface area contributed by atoms with E-state index in [-0.39, 0.29) is 0 Å². The van der Waals surface area contributed by atoms with Crippen LogP contribution in [0.15, 0.2) is 30.3 Å². The maximum atomic E-state index is 10.5. The van der Waals surface area contributed by atoms with Crippen molar-refractivity contribution in [3.05, 3.63) is 41.6 Å².